The van der Waals surface area contributed by atoms with Gasteiger partial charge >= 0.3 is 5.63 Å². The summed E-state index contributed by atoms with van der Waals surface area (Å²) in [5, 5.41) is 2.50. The molecule has 0 atom stereocenters. The van der Waals surface area contributed by atoms with Crippen molar-refractivity contribution in [2.24, 2.45) is 5.92 Å². The molecule has 0 aliphatic rings. The molecule has 0 saturated carbocycles. The van der Waals surface area contributed by atoms with Gasteiger partial charge in [0, 0.05) is 24.8 Å². The van der Waals surface area contributed by atoms with Crippen LogP contribution in [-0.4, -0.2) is 10.9 Å². The van der Waals surface area contributed by atoms with E-state index < -0.39 is 11.5 Å². The molecule has 2 rings (SSSR count). The summed E-state index contributed by atoms with van der Waals surface area (Å²) in [5.74, 6) is 0.697. The normalized spacial score (nSPS) is 10.8. The molecule has 0 radical (unpaired) electrons. The van der Waals surface area contributed by atoms with Crippen molar-refractivity contribution in [3.63, 3.8) is 0 Å². The molecule has 0 aromatic carbocycles. The number of H-pyrrole nitrogens is 1. The van der Waals surface area contributed by atoms with Crippen molar-refractivity contribution in [2.45, 2.75) is 33.6 Å². The average Bonchev–Trinajstić information content (AvgIpc) is 2.44. The second kappa shape index (κ2) is 7.09. The zero-order valence-corrected chi connectivity index (χ0v) is 13.4. The highest BCUT2D eigenvalue weighted by atomic mass is 16.4. The van der Waals surface area contributed by atoms with Crippen molar-refractivity contribution in [3.05, 3.63) is 61.9 Å². The number of anilines is 1. The van der Waals surface area contributed by atoms with Gasteiger partial charge in [-0.3, -0.25) is 9.59 Å². The van der Waals surface area contributed by atoms with Crippen molar-refractivity contribution >= 4 is 11.7 Å². The minimum Gasteiger partial charge on any atom is -0.427 e. The van der Waals surface area contributed by atoms with Gasteiger partial charge in [0.25, 0.3) is 5.91 Å². The Hall–Kier alpha value is -2.63. The van der Waals surface area contributed by atoms with Gasteiger partial charge < -0.3 is 14.7 Å². The van der Waals surface area contributed by atoms with E-state index in [1.165, 1.54) is 18.3 Å². The number of nitrogens with one attached hydrogen (secondary N) is 2. The summed E-state index contributed by atoms with van der Waals surface area (Å²) in [6, 6.07) is 4.29. The summed E-state index contributed by atoms with van der Waals surface area (Å²) in [6.07, 6.45) is 2.98. The Morgan fingerprint density at radius 2 is 2.04 bits per heavy atom. The molecule has 2 heterocycles. The molecule has 1 amide bonds. The fourth-order valence-corrected chi connectivity index (χ4v) is 2.20. The number of aryl methyl sites for hydroxylation is 2. The molecule has 0 unspecified atom stereocenters. The van der Waals surface area contributed by atoms with Gasteiger partial charge in [0.2, 0.25) is 0 Å². The highest BCUT2D eigenvalue weighted by Crippen LogP contribution is 2.12. The average molecular weight is 316 g/mol. The number of pyridine rings is 1. The molecule has 2 aromatic heterocycles. The Morgan fingerprint density at radius 1 is 1.30 bits per heavy atom. The lowest BCUT2D eigenvalue weighted by Crippen LogP contribution is -2.24. The molecule has 122 valence electrons. The van der Waals surface area contributed by atoms with E-state index in [2.05, 4.69) is 24.1 Å². The van der Waals surface area contributed by atoms with Crippen LogP contribution in [0.5, 0.6) is 0 Å². The van der Waals surface area contributed by atoms with E-state index >= 15 is 0 Å². The highest BCUT2D eigenvalue weighted by Gasteiger charge is 2.17. The predicted octanol–water partition coefficient (Wildman–Crippen LogP) is 2.48. The van der Waals surface area contributed by atoms with Gasteiger partial charge in [0.15, 0.2) is 5.43 Å². The fraction of sp³-hybridized carbons (Fsp3) is 0.353. The summed E-state index contributed by atoms with van der Waals surface area (Å²) >= 11 is 0. The largest absolute Gasteiger partial charge is 0.427 e. The molecule has 0 aliphatic heterocycles. The number of amides is 1. The number of hydrogen-bond acceptors (Lipinski definition) is 4. The first-order valence-corrected chi connectivity index (χ1v) is 7.50. The quantitative estimate of drug-likeness (QED) is 0.886. The lowest BCUT2D eigenvalue weighted by Gasteiger charge is -2.08. The molecule has 0 bridgehead atoms. The minimum atomic E-state index is -0.667. The van der Waals surface area contributed by atoms with Crippen LogP contribution in [0.15, 0.2) is 38.4 Å². The Bertz CT molecular complexity index is 818. The van der Waals surface area contributed by atoms with E-state index in [-0.39, 0.29) is 16.8 Å². The Morgan fingerprint density at radius 3 is 2.65 bits per heavy atom. The molecule has 0 spiro atoms. The summed E-state index contributed by atoms with van der Waals surface area (Å²) in [7, 11) is 0. The molecular weight excluding hydrogens is 296 g/mol. The van der Waals surface area contributed by atoms with Gasteiger partial charge in [0.05, 0.1) is 0 Å². The SMILES string of the molecule is Cc1cc(CCC(C)C)oc(=O)c1C(=O)Nc1cc(=O)cc[nH]1. The molecule has 2 N–H and O–H groups in total. The molecule has 6 heteroatoms. The highest BCUT2D eigenvalue weighted by molar-refractivity contribution is 6.04. The molecule has 23 heavy (non-hydrogen) atoms. The molecule has 0 saturated heterocycles. The van der Waals surface area contributed by atoms with Crippen LogP contribution in [0.25, 0.3) is 0 Å². The van der Waals surface area contributed by atoms with E-state index in [0.29, 0.717) is 23.7 Å². The number of aromatic amines is 1. The van der Waals surface area contributed by atoms with E-state index in [4.69, 9.17) is 4.42 Å². The monoisotopic (exact) mass is 316 g/mol. The standard InChI is InChI=1S/C17H20N2O4/c1-10(2)4-5-13-8-11(3)15(17(22)23-13)16(21)19-14-9-12(20)6-7-18-14/h6-10H,4-5H2,1-3H3,(H2,18,19,20,21). The van der Waals surface area contributed by atoms with Crippen molar-refractivity contribution in [1.29, 1.82) is 0 Å². The zero-order chi connectivity index (χ0) is 17.0. The van der Waals surface area contributed by atoms with Crippen LogP contribution in [0.2, 0.25) is 0 Å². The van der Waals surface area contributed by atoms with Crippen LogP contribution in [0, 0.1) is 12.8 Å². The van der Waals surface area contributed by atoms with Gasteiger partial charge in [-0.1, -0.05) is 13.8 Å². The third kappa shape index (κ3) is 4.42. The number of rotatable bonds is 5. The van der Waals surface area contributed by atoms with E-state index in [1.54, 1.807) is 13.0 Å². The summed E-state index contributed by atoms with van der Waals surface area (Å²) in [5.41, 5.74) is -0.412. The van der Waals surface area contributed by atoms with Crippen LogP contribution in [0.1, 0.15) is 41.9 Å². The first-order chi connectivity index (χ1) is 10.9. The second-order valence-electron chi connectivity index (χ2n) is 5.88. The third-order valence-corrected chi connectivity index (χ3v) is 3.42. The summed E-state index contributed by atoms with van der Waals surface area (Å²) in [6.45, 7) is 5.87. The van der Waals surface area contributed by atoms with Crippen molar-refractivity contribution < 1.29 is 9.21 Å². The van der Waals surface area contributed by atoms with Crippen LogP contribution >= 0.6 is 0 Å². The van der Waals surface area contributed by atoms with E-state index in [9.17, 15) is 14.4 Å². The molecular formula is C17H20N2O4. The predicted molar refractivity (Wildman–Crippen MR) is 87.9 cm³/mol. The second-order valence-corrected chi connectivity index (χ2v) is 5.88. The van der Waals surface area contributed by atoms with Crippen molar-refractivity contribution in [2.75, 3.05) is 5.32 Å². The number of hydrogen-bond donors (Lipinski definition) is 2. The van der Waals surface area contributed by atoms with E-state index in [1.807, 2.05) is 0 Å². The minimum absolute atomic E-state index is 0.0528. The smallest absolute Gasteiger partial charge is 0.349 e. The van der Waals surface area contributed by atoms with Crippen molar-refractivity contribution in [1.82, 2.24) is 4.98 Å². The van der Waals surface area contributed by atoms with Crippen LogP contribution < -0.4 is 16.4 Å². The van der Waals surface area contributed by atoms with Gasteiger partial charge in [-0.15, -0.1) is 0 Å². The van der Waals surface area contributed by atoms with Gasteiger partial charge in [-0.05, 0) is 30.9 Å². The summed E-state index contributed by atoms with van der Waals surface area (Å²) < 4.78 is 5.23. The topological polar surface area (TPSA) is 92.2 Å². The maximum Gasteiger partial charge on any atom is 0.349 e. The summed E-state index contributed by atoms with van der Waals surface area (Å²) in [4.78, 5) is 38.3. The van der Waals surface area contributed by atoms with Crippen LogP contribution in [0.4, 0.5) is 5.82 Å². The maximum absolute atomic E-state index is 12.3. The first-order valence-electron chi connectivity index (χ1n) is 7.50. The Kier molecular flexibility index (Phi) is 5.16. The molecule has 2 aromatic rings. The molecule has 6 nitrogen and oxygen atoms in total. The number of aromatic nitrogens is 1. The Labute approximate surface area is 133 Å². The maximum atomic E-state index is 12.3. The van der Waals surface area contributed by atoms with Gasteiger partial charge in [-0.2, -0.15) is 0 Å². The zero-order valence-electron chi connectivity index (χ0n) is 13.4. The van der Waals surface area contributed by atoms with E-state index in [0.717, 1.165) is 6.42 Å². The fourth-order valence-electron chi connectivity index (χ4n) is 2.20. The van der Waals surface area contributed by atoms with Crippen molar-refractivity contribution in [3.8, 4) is 0 Å². The lowest BCUT2D eigenvalue weighted by molar-refractivity contribution is 0.102. The number of carbonyl (C=O) groups excluding carboxylic acids is 1. The van der Waals surface area contributed by atoms with Crippen LogP contribution in [0.3, 0.4) is 0 Å². The van der Waals surface area contributed by atoms with Crippen LogP contribution in [-0.2, 0) is 6.42 Å². The molecule has 0 fully saturated rings. The number of carbonyl (C=O) groups is 1. The Balaban J connectivity index is 2.23. The molecule has 0 aliphatic carbocycles. The third-order valence-electron chi connectivity index (χ3n) is 3.42. The lowest BCUT2D eigenvalue weighted by atomic mass is 10.0. The van der Waals surface area contributed by atoms with Gasteiger partial charge in [0.1, 0.15) is 17.1 Å². The first kappa shape index (κ1) is 16.7. The van der Waals surface area contributed by atoms with Gasteiger partial charge in [-0.25, -0.2) is 4.79 Å².